The van der Waals surface area contributed by atoms with Gasteiger partial charge in [-0.05, 0) is 49.7 Å². The quantitative estimate of drug-likeness (QED) is 0.880. The molecule has 0 fully saturated rings. The SMILES string of the molecule is CNC(Cc1cc(F)ccc1Cl)c1cccc(C)c1F. The second kappa shape index (κ2) is 6.33. The van der Waals surface area contributed by atoms with E-state index >= 15 is 0 Å². The highest BCUT2D eigenvalue weighted by atomic mass is 35.5. The van der Waals surface area contributed by atoms with Crippen LogP contribution in [0.1, 0.15) is 22.7 Å². The van der Waals surface area contributed by atoms with Crippen LogP contribution in [0.25, 0.3) is 0 Å². The molecule has 0 saturated heterocycles. The van der Waals surface area contributed by atoms with E-state index in [2.05, 4.69) is 5.32 Å². The predicted molar refractivity (Wildman–Crippen MR) is 78.1 cm³/mol. The predicted octanol–water partition coefficient (Wildman–Crippen LogP) is 4.43. The first kappa shape index (κ1) is 14.9. The largest absolute Gasteiger partial charge is 0.313 e. The van der Waals surface area contributed by atoms with Crippen molar-refractivity contribution in [1.29, 1.82) is 0 Å². The molecule has 1 N–H and O–H groups in total. The summed E-state index contributed by atoms with van der Waals surface area (Å²) in [6, 6.07) is 9.23. The van der Waals surface area contributed by atoms with Crippen LogP contribution in [0.5, 0.6) is 0 Å². The Labute approximate surface area is 122 Å². The van der Waals surface area contributed by atoms with Gasteiger partial charge in [0.1, 0.15) is 11.6 Å². The van der Waals surface area contributed by atoms with E-state index in [4.69, 9.17) is 11.6 Å². The standard InChI is InChI=1S/C16H16ClF2N/c1-10-4-3-5-13(16(10)19)15(20-2)9-11-8-12(18)6-7-14(11)17/h3-8,15,20H,9H2,1-2H3. The average molecular weight is 296 g/mol. The monoisotopic (exact) mass is 295 g/mol. The average Bonchev–Trinajstić information content (AvgIpc) is 2.43. The normalized spacial score (nSPS) is 12.4. The van der Waals surface area contributed by atoms with E-state index in [1.54, 1.807) is 26.1 Å². The van der Waals surface area contributed by atoms with Gasteiger partial charge in [0, 0.05) is 16.6 Å². The highest BCUT2D eigenvalue weighted by molar-refractivity contribution is 6.31. The zero-order valence-corrected chi connectivity index (χ0v) is 12.1. The van der Waals surface area contributed by atoms with E-state index in [0.29, 0.717) is 28.1 Å². The summed E-state index contributed by atoms with van der Waals surface area (Å²) in [5.41, 5.74) is 1.81. The lowest BCUT2D eigenvalue weighted by Crippen LogP contribution is -2.20. The number of rotatable bonds is 4. The van der Waals surface area contributed by atoms with Gasteiger partial charge in [0.05, 0.1) is 0 Å². The van der Waals surface area contributed by atoms with Gasteiger partial charge in [-0.15, -0.1) is 0 Å². The van der Waals surface area contributed by atoms with E-state index in [1.165, 1.54) is 18.2 Å². The molecule has 4 heteroatoms. The fourth-order valence-corrected chi connectivity index (χ4v) is 2.42. The molecule has 2 aromatic rings. The van der Waals surface area contributed by atoms with Crippen molar-refractivity contribution in [2.75, 3.05) is 7.05 Å². The van der Waals surface area contributed by atoms with Crippen LogP contribution in [0.4, 0.5) is 8.78 Å². The first-order chi connectivity index (χ1) is 9.52. The van der Waals surface area contributed by atoms with Crippen LogP contribution in [0.3, 0.4) is 0 Å². The van der Waals surface area contributed by atoms with Crippen LogP contribution in [-0.2, 0) is 6.42 Å². The topological polar surface area (TPSA) is 12.0 Å². The van der Waals surface area contributed by atoms with Crippen molar-refractivity contribution in [3.05, 3.63) is 69.7 Å². The smallest absolute Gasteiger partial charge is 0.130 e. The van der Waals surface area contributed by atoms with Crippen LogP contribution in [0.15, 0.2) is 36.4 Å². The summed E-state index contributed by atoms with van der Waals surface area (Å²) in [6.45, 7) is 1.72. The maximum absolute atomic E-state index is 14.2. The van der Waals surface area contributed by atoms with E-state index in [9.17, 15) is 8.78 Å². The second-order valence-corrected chi connectivity index (χ2v) is 5.17. The Kier molecular flexibility index (Phi) is 4.73. The van der Waals surface area contributed by atoms with Crippen molar-refractivity contribution < 1.29 is 8.78 Å². The van der Waals surface area contributed by atoms with Crippen LogP contribution in [0.2, 0.25) is 5.02 Å². The minimum atomic E-state index is -0.344. The first-order valence-electron chi connectivity index (χ1n) is 6.39. The van der Waals surface area contributed by atoms with Crippen LogP contribution < -0.4 is 5.32 Å². The third-order valence-electron chi connectivity index (χ3n) is 3.38. The highest BCUT2D eigenvalue weighted by Gasteiger charge is 2.17. The molecule has 106 valence electrons. The molecule has 1 atom stereocenters. The maximum Gasteiger partial charge on any atom is 0.130 e. The second-order valence-electron chi connectivity index (χ2n) is 4.76. The zero-order chi connectivity index (χ0) is 14.7. The Hall–Kier alpha value is -1.45. The highest BCUT2D eigenvalue weighted by Crippen LogP contribution is 2.26. The lowest BCUT2D eigenvalue weighted by molar-refractivity contribution is 0.528. The molecule has 0 radical (unpaired) electrons. The Morgan fingerprint density at radius 2 is 1.95 bits per heavy atom. The van der Waals surface area contributed by atoms with Crippen molar-refractivity contribution >= 4 is 11.6 Å². The van der Waals surface area contributed by atoms with Gasteiger partial charge >= 0.3 is 0 Å². The molecular formula is C16H16ClF2N. The van der Waals surface area contributed by atoms with Crippen LogP contribution in [-0.4, -0.2) is 7.05 Å². The van der Waals surface area contributed by atoms with Gasteiger partial charge in [-0.3, -0.25) is 0 Å². The number of aryl methyl sites for hydroxylation is 1. The molecule has 2 aromatic carbocycles. The molecule has 0 aliphatic rings. The third-order valence-corrected chi connectivity index (χ3v) is 3.75. The zero-order valence-electron chi connectivity index (χ0n) is 11.4. The summed E-state index contributed by atoms with van der Waals surface area (Å²) in [6.07, 6.45) is 0.424. The van der Waals surface area contributed by atoms with Crippen molar-refractivity contribution in [1.82, 2.24) is 5.32 Å². The van der Waals surface area contributed by atoms with Crippen LogP contribution >= 0.6 is 11.6 Å². The van der Waals surface area contributed by atoms with E-state index in [1.807, 2.05) is 6.07 Å². The lowest BCUT2D eigenvalue weighted by atomic mass is 9.97. The molecule has 0 amide bonds. The number of likely N-dealkylation sites (N-methyl/N-ethyl adjacent to an activating group) is 1. The Morgan fingerprint density at radius 1 is 1.20 bits per heavy atom. The molecule has 20 heavy (non-hydrogen) atoms. The summed E-state index contributed by atoms with van der Waals surface area (Å²) in [4.78, 5) is 0. The van der Waals surface area contributed by atoms with Crippen molar-refractivity contribution in [2.45, 2.75) is 19.4 Å². The number of hydrogen-bond donors (Lipinski definition) is 1. The summed E-state index contributed by atoms with van der Waals surface area (Å²) < 4.78 is 27.5. The molecule has 0 bridgehead atoms. The van der Waals surface area contributed by atoms with Crippen molar-refractivity contribution in [3.8, 4) is 0 Å². The molecule has 0 heterocycles. The minimum absolute atomic E-state index is 0.237. The summed E-state index contributed by atoms with van der Waals surface area (Å²) in [5.74, 6) is -0.580. The van der Waals surface area contributed by atoms with E-state index < -0.39 is 0 Å². The number of halogens is 3. The van der Waals surface area contributed by atoms with Gasteiger partial charge in [-0.2, -0.15) is 0 Å². The van der Waals surface area contributed by atoms with Crippen molar-refractivity contribution in [3.63, 3.8) is 0 Å². The van der Waals surface area contributed by atoms with Gasteiger partial charge in [0.2, 0.25) is 0 Å². The Morgan fingerprint density at radius 3 is 2.65 bits per heavy atom. The number of hydrogen-bond acceptors (Lipinski definition) is 1. The van der Waals surface area contributed by atoms with Gasteiger partial charge in [-0.1, -0.05) is 29.8 Å². The van der Waals surface area contributed by atoms with E-state index in [-0.39, 0.29) is 17.7 Å². The Balaban J connectivity index is 2.34. The lowest BCUT2D eigenvalue weighted by Gasteiger charge is -2.19. The molecule has 0 aliphatic heterocycles. The number of benzene rings is 2. The van der Waals surface area contributed by atoms with Gasteiger partial charge in [0.15, 0.2) is 0 Å². The van der Waals surface area contributed by atoms with Crippen LogP contribution in [0, 0.1) is 18.6 Å². The summed E-state index contributed by atoms with van der Waals surface area (Å²) in [5, 5.41) is 3.55. The molecule has 2 rings (SSSR count). The van der Waals surface area contributed by atoms with Gasteiger partial charge in [-0.25, -0.2) is 8.78 Å². The Bertz CT molecular complexity index is 613. The van der Waals surface area contributed by atoms with E-state index in [0.717, 1.165) is 0 Å². The molecule has 0 aromatic heterocycles. The molecule has 1 nitrogen and oxygen atoms in total. The summed E-state index contributed by atoms with van der Waals surface area (Å²) in [7, 11) is 1.75. The van der Waals surface area contributed by atoms with Crippen molar-refractivity contribution in [2.24, 2.45) is 0 Å². The molecular weight excluding hydrogens is 280 g/mol. The molecule has 0 spiro atoms. The molecule has 0 aliphatic carbocycles. The fraction of sp³-hybridized carbons (Fsp3) is 0.250. The first-order valence-corrected chi connectivity index (χ1v) is 6.77. The maximum atomic E-state index is 14.2. The van der Waals surface area contributed by atoms with Gasteiger partial charge < -0.3 is 5.32 Å². The fourth-order valence-electron chi connectivity index (χ4n) is 2.23. The van der Waals surface area contributed by atoms with Gasteiger partial charge in [0.25, 0.3) is 0 Å². The third kappa shape index (κ3) is 3.17. The number of nitrogens with one attached hydrogen (secondary N) is 1. The minimum Gasteiger partial charge on any atom is -0.313 e. The summed E-state index contributed by atoms with van der Waals surface area (Å²) >= 11 is 6.07. The molecule has 0 saturated carbocycles. The molecule has 1 unspecified atom stereocenters.